The largest absolute Gasteiger partial charge is 0.448 e. The lowest BCUT2D eigenvalue weighted by Gasteiger charge is -2.31. The summed E-state index contributed by atoms with van der Waals surface area (Å²) in [5.74, 6) is -5.80. The zero-order valence-corrected chi connectivity index (χ0v) is 7.26. The summed E-state index contributed by atoms with van der Waals surface area (Å²) in [7, 11) is 0. The van der Waals surface area contributed by atoms with Gasteiger partial charge in [-0.3, -0.25) is 0 Å². The molecule has 0 radical (unpaired) electrons. The van der Waals surface area contributed by atoms with Gasteiger partial charge in [-0.05, 0) is 24.7 Å². The topological polar surface area (TPSA) is 20.2 Å². The Morgan fingerprint density at radius 1 is 1.07 bits per heavy atom. The Labute approximate surface area is 78.4 Å². The van der Waals surface area contributed by atoms with Gasteiger partial charge in [0, 0.05) is 5.92 Å². The molecule has 80 valence electrons. The highest BCUT2D eigenvalue weighted by atomic mass is 19.4. The predicted octanol–water partition coefficient (Wildman–Crippen LogP) is 2.42. The molecule has 0 spiro atoms. The minimum Gasteiger partial charge on any atom is -0.355 e. The molecule has 0 aromatic carbocycles. The van der Waals surface area contributed by atoms with Gasteiger partial charge in [-0.25, -0.2) is 4.39 Å². The Hall–Kier alpha value is -0.580. The Morgan fingerprint density at radius 3 is 2.07 bits per heavy atom. The summed E-state index contributed by atoms with van der Waals surface area (Å²) in [5, 5.41) is 8.85. The summed E-state index contributed by atoms with van der Waals surface area (Å²) < 4.78 is 49.6. The molecule has 0 heterocycles. The van der Waals surface area contributed by atoms with E-state index in [-0.39, 0.29) is 12.3 Å². The molecule has 0 aromatic rings. The van der Waals surface area contributed by atoms with Gasteiger partial charge >= 0.3 is 12.0 Å². The first-order valence-corrected chi connectivity index (χ1v) is 4.48. The molecule has 2 aliphatic carbocycles. The predicted molar refractivity (Wildman–Crippen MR) is 41.0 cm³/mol. The molecule has 1 fully saturated rings. The number of allylic oxidation sites excluding steroid dienone is 2. The van der Waals surface area contributed by atoms with Gasteiger partial charge in [0.25, 0.3) is 0 Å². The molecule has 2 rings (SSSR count). The second-order valence-electron chi connectivity index (χ2n) is 4.06. The highest BCUT2D eigenvalue weighted by Crippen LogP contribution is 2.52. The fourth-order valence-electron chi connectivity index (χ4n) is 2.43. The summed E-state index contributed by atoms with van der Waals surface area (Å²) >= 11 is 0. The van der Waals surface area contributed by atoms with Gasteiger partial charge in [-0.2, -0.15) is 13.2 Å². The molecule has 1 nitrogen and oxygen atoms in total. The summed E-state index contributed by atoms with van der Waals surface area (Å²) in [6.07, 6.45) is -1.18. The van der Waals surface area contributed by atoms with Crippen molar-refractivity contribution >= 4 is 0 Å². The monoisotopic (exact) mass is 210 g/mol. The van der Waals surface area contributed by atoms with Gasteiger partial charge in [0.15, 0.2) is 0 Å². The molecule has 1 saturated carbocycles. The summed E-state index contributed by atoms with van der Waals surface area (Å²) in [6.45, 7) is 0. The van der Waals surface area contributed by atoms with Crippen LogP contribution in [0.25, 0.3) is 0 Å². The lowest BCUT2D eigenvalue weighted by molar-refractivity contribution is -0.338. The quantitative estimate of drug-likeness (QED) is 0.520. The van der Waals surface area contributed by atoms with Crippen molar-refractivity contribution < 1.29 is 22.7 Å². The third-order valence-corrected chi connectivity index (χ3v) is 3.17. The van der Waals surface area contributed by atoms with Crippen LogP contribution in [-0.4, -0.2) is 17.1 Å². The normalized spacial score (nSPS) is 40.2. The molecule has 4 unspecified atom stereocenters. The van der Waals surface area contributed by atoms with Crippen LogP contribution in [0.5, 0.6) is 0 Å². The van der Waals surface area contributed by atoms with Crippen molar-refractivity contribution in [3.05, 3.63) is 12.2 Å². The molecular formula is C9H10F4O. The first kappa shape index (κ1) is 9.96. The van der Waals surface area contributed by atoms with Crippen LogP contribution in [0.1, 0.15) is 12.8 Å². The smallest absolute Gasteiger partial charge is 0.355 e. The van der Waals surface area contributed by atoms with Gasteiger partial charge in [0.1, 0.15) is 0 Å². The number of hydrogen-bond acceptors (Lipinski definition) is 1. The summed E-state index contributed by atoms with van der Waals surface area (Å²) in [4.78, 5) is 0. The molecule has 0 aromatic heterocycles. The minimum absolute atomic E-state index is 0.00891. The molecule has 2 aliphatic rings. The Morgan fingerprint density at radius 2 is 1.71 bits per heavy atom. The summed E-state index contributed by atoms with van der Waals surface area (Å²) in [6, 6.07) is 0. The third-order valence-electron chi connectivity index (χ3n) is 3.17. The van der Waals surface area contributed by atoms with Gasteiger partial charge in [-0.1, -0.05) is 12.2 Å². The molecule has 0 saturated heterocycles. The highest BCUT2D eigenvalue weighted by Gasteiger charge is 2.63. The van der Waals surface area contributed by atoms with Crippen molar-refractivity contribution in [2.24, 2.45) is 17.8 Å². The standard InChI is InChI=1S/C9H10F4O/c10-8(14,9(11,12)13)7-4-5-1-2-6(7)3-5/h1-2,5-7,14H,3-4H2. The number of hydrogen-bond donors (Lipinski definition) is 1. The van der Waals surface area contributed by atoms with E-state index in [2.05, 4.69) is 0 Å². The zero-order valence-electron chi connectivity index (χ0n) is 7.26. The van der Waals surface area contributed by atoms with E-state index in [1.807, 2.05) is 0 Å². The molecule has 5 heteroatoms. The SMILES string of the molecule is OC(F)(C1CC2C=CC1C2)C(F)(F)F. The average molecular weight is 210 g/mol. The summed E-state index contributed by atoms with van der Waals surface area (Å²) in [5.41, 5.74) is 0. The van der Waals surface area contributed by atoms with Crippen LogP contribution < -0.4 is 0 Å². The van der Waals surface area contributed by atoms with Crippen LogP contribution in [0.2, 0.25) is 0 Å². The van der Waals surface area contributed by atoms with E-state index in [9.17, 15) is 17.6 Å². The van der Waals surface area contributed by atoms with E-state index in [4.69, 9.17) is 5.11 Å². The maximum Gasteiger partial charge on any atom is 0.448 e. The second-order valence-corrected chi connectivity index (χ2v) is 4.06. The van der Waals surface area contributed by atoms with Crippen LogP contribution in [0.3, 0.4) is 0 Å². The highest BCUT2D eigenvalue weighted by molar-refractivity contribution is 5.13. The van der Waals surface area contributed by atoms with Crippen LogP contribution in [-0.2, 0) is 0 Å². The average Bonchev–Trinajstić information content (AvgIpc) is 2.61. The van der Waals surface area contributed by atoms with Crippen molar-refractivity contribution in [3.8, 4) is 0 Å². The number of aliphatic hydroxyl groups is 1. The van der Waals surface area contributed by atoms with E-state index < -0.39 is 23.9 Å². The maximum absolute atomic E-state index is 13.2. The minimum atomic E-state index is -5.18. The van der Waals surface area contributed by atoms with Crippen LogP contribution >= 0.6 is 0 Å². The maximum atomic E-state index is 13.2. The third kappa shape index (κ3) is 1.26. The van der Waals surface area contributed by atoms with E-state index in [0.29, 0.717) is 6.42 Å². The Kier molecular flexibility index (Phi) is 1.93. The molecular weight excluding hydrogens is 200 g/mol. The Bertz CT molecular complexity index is 268. The van der Waals surface area contributed by atoms with Gasteiger partial charge in [0.2, 0.25) is 0 Å². The van der Waals surface area contributed by atoms with Gasteiger partial charge < -0.3 is 5.11 Å². The van der Waals surface area contributed by atoms with E-state index in [1.54, 1.807) is 12.2 Å². The first-order chi connectivity index (χ1) is 6.32. The number of alkyl halides is 4. The van der Waals surface area contributed by atoms with E-state index in [1.165, 1.54) is 0 Å². The number of rotatable bonds is 1. The van der Waals surface area contributed by atoms with Gasteiger partial charge in [-0.15, -0.1) is 0 Å². The van der Waals surface area contributed by atoms with Crippen molar-refractivity contribution in [1.82, 2.24) is 0 Å². The van der Waals surface area contributed by atoms with Crippen molar-refractivity contribution in [2.45, 2.75) is 24.9 Å². The van der Waals surface area contributed by atoms with Crippen molar-refractivity contribution in [2.75, 3.05) is 0 Å². The number of halogens is 4. The lowest BCUT2D eigenvalue weighted by atomic mass is 9.86. The molecule has 2 bridgehead atoms. The number of fused-ring (bicyclic) bond motifs is 2. The van der Waals surface area contributed by atoms with Crippen LogP contribution in [0.4, 0.5) is 17.6 Å². The fraction of sp³-hybridized carbons (Fsp3) is 0.778. The molecule has 4 atom stereocenters. The molecule has 0 amide bonds. The first-order valence-electron chi connectivity index (χ1n) is 4.48. The van der Waals surface area contributed by atoms with Crippen molar-refractivity contribution in [3.63, 3.8) is 0 Å². The van der Waals surface area contributed by atoms with Crippen LogP contribution in [0, 0.1) is 17.8 Å². The van der Waals surface area contributed by atoms with Gasteiger partial charge in [0.05, 0.1) is 0 Å². The van der Waals surface area contributed by atoms with Crippen LogP contribution in [0.15, 0.2) is 12.2 Å². The molecule has 14 heavy (non-hydrogen) atoms. The second kappa shape index (κ2) is 2.72. The Balaban J connectivity index is 2.20. The lowest BCUT2D eigenvalue weighted by Crippen LogP contribution is -2.48. The van der Waals surface area contributed by atoms with E-state index in [0.717, 1.165) is 0 Å². The zero-order chi connectivity index (χ0) is 10.6. The molecule has 1 N–H and O–H groups in total. The fourth-order valence-corrected chi connectivity index (χ4v) is 2.43. The van der Waals surface area contributed by atoms with E-state index >= 15 is 0 Å². The molecule has 0 aliphatic heterocycles. The van der Waals surface area contributed by atoms with Crippen molar-refractivity contribution in [1.29, 1.82) is 0 Å².